The van der Waals surface area contributed by atoms with Crippen LogP contribution in [0.25, 0.3) is 11.2 Å². The second kappa shape index (κ2) is 14.5. The van der Waals surface area contributed by atoms with Crippen molar-refractivity contribution in [2.45, 2.75) is 67.8 Å². The molecule has 13 N–H and O–H groups in total. The maximum atomic E-state index is 12.6. The first kappa shape index (κ1) is 38.7. The number of rotatable bonds is 13. The number of phosphoric acid groups is 3. The van der Waals surface area contributed by atoms with Gasteiger partial charge < -0.3 is 70.9 Å². The number of nitrogen functional groups attached to an aromatic ring is 1. The highest BCUT2D eigenvalue weighted by Gasteiger charge is 2.51. The van der Waals surface area contributed by atoms with Crippen LogP contribution in [0.1, 0.15) is 12.6 Å². The lowest BCUT2D eigenvalue weighted by molar-refractivity contribution is -0.166. The molecule has 12 atom stereocenters. The number of ether oxygens (including phenoxy) is 2. The first-order valence-electron chi connectivity index (χ1n) is 14.0. The summed E-state index contributed by atoms with van der Waals surface area (Å²) in [4.78, 5) is 63.1. The fraction of sp³-hybridized carbons (Fsp3) is 0.619. The predicted molar refractivity (Wildman–Crippen MR) is 156 cm³/mol. The molecule has 280 valence electrons. The van der Waals surface area contributed by atoms with E-state index in [0.29, 0.717) is 0 Å². The Morgan fingerprint density at radius 3 is 2.10 bits per heavy atom. The number of primary amides is 1. The van der Waals surface area contributed by atoms with Gasteiger partial charge in [-0.15, -0.1) is 0 Å². The van der Waals surface area contributed by atoms with Crippen molar-refractivity contribution in [2.24, 2.45) is 5.73 Å². The zero-order valence-corrected chi connectivity index (χ0v) is 27.6. The Morgan fingerprint density at radius 1 is 0.900 bits per heavy atom. The minimum atomic E-state index is -5.59. The third-order valence-electron chi connectivity index (χ3n) is 7.57. The van der Waals surface area contributed by atoms with E-state index in [1.807, 2.05) is 0 Å². The molecule has 3 aliphatic heterocycles. The molecule has 0 spiro atoms. The smallest absolute Gasteiger partial charge is 0.388 e. The van der Waals surface area contributed by atoms with E-state index in [1.165, 1.54) is 0 Å². The van der Waals surface area contributed by atoms with Crippen molar-refractivity contribution in [1.29, 1.82) is 0 Å². The van der Waals surface area contributed by atoms with E-state index in [4.69, 9.17) is 20.9 Å². The van der Waals surface area contributed by atoms with E-state index in [0.717, 1.165) is 28.3 Å². The number of fused-ring (bicyclic) bond motifs is 1. The van der Waals surface area contributed by atoms with Gasteiger partial charge in [-0.3, -0.25) is 22.9 Å². The highest BCUT2D eigenvalue weighted by molar-refractivity contribution is 7.61. The second-order valence-corrected chi connectivity index (χ2v) is 15.2. The van der Waals surface area contributed by atoms with Gasteiger partial charge in [-0.2, -0.15) is 4.31 Å². The lowest BCUT2D eigenvalue weighted by Gasteiger charge is -2.39. The van der Waals surface area contributed by atoms with Gasteiger partial charge >= 0.3 is 23.5 Å². The highest BCUT2D eigenvalue weighted by Crippen LogP contribution is 2.61. The number of nitrogens with zero attached hydrogens (tertiary/aromatic N) is 5. The molecule has 2 saturated heterocycles. The summed E-state index contributed by atoms with van der Waals surface area (Å²) in [7, 11) is -16.4. The summed E-state index contributed by atoms with van der Waals surface area (Å²) in [5.74, 6) is -1.03. The van der Waals surface area contributed by atoms with Gasteiger partial charge in [-0.25, -0.2) is 28.6 Å². The number of carbonyl (C=O) groups excluding carboxylic acids is 1. The summed E-state index contributed by atoms with van der Waals surface area (Å²) in [6, 6.07) is 0. The van der Waals surface area contributed by atoms with Crippen molar-refractivity contribution < 1.29 is 91.0 Å². The van der Waals surface area contributed by atoms with Gasteiger partial charge in [0.05, 0.1) is 19.5 Å². The Balaban J connectivity index is 1.21. The lowest BCUT2D eigenvalue weighted by atomic mass is 10.0. The summed E-state index contributed by atoms with van der Waals surface area (Å²) in [5, 5.41) is 52.0. The number of anilines is 1. The molecule has 5 rings (SSSR count). The normalized spacial score (nSPS) is 34.4. The average molecular weight is 779 g/mol. The van der Waals surface area contributed by atoms with Crippen LogP contribution < -0.4 is 11.5 Å². The third-order valence-corrected chi connectivity index (χ3v) is 10.7. The number of carbonyl (C=O) groups is 1. The van der Waals surface area contributed by atoms with E-state index in [-0.39, 0.29) is 29.0 Å². The Morgan fingerprint density at radius 2 is 1.50 bits per heavy atom. The van der Waals surface area contributed by atoms with E-state index in [2.05, 4.69) is 32.8 Å². The molecule has 3 aliphatic rings. The van der Waals surface area contributed by atoms with E-state index in [1.54, 1.807) is 0 Å². The standard InChI is InChI=1S/C21H32N7O19P3/c22-16-11-18(25-5-24-16)28(6-26-11)21-15(46-48(35,36)37)13(31)10(45-21)4-43-50(40,41)47-49(38,39)42-3-9-12(30)14(32)20(44-9)27-2-7(17(23)33)1-8(29)19(27)34/h2,5-6,8-10,12-15,19-21,29-32,34H,1,3-4H2,(H2,23,33)(H,38,39)(H,40,41)(H2,22,24,25)(H2,35,36,37)/t8-,9+,10+,12+,13+,14-,15-,19+,20-,21-/m1/s1. The van der Waals surface area contributed by atoms with Crippen molar-refractivity contribution in [3.05, 3.63) is 24.4 Å². The number of hydrogen-bond acceptors (Lipinski definition) is 20. The number of aromatic nitrogens is 4. The number of amides is 1. The van der Waals surface area contributed by atoms with Gasteiger partial charge in [0.2, 0.25) is 5.91 Å². The first-order chi connectivity index (χ1) is 23.2. The molecule has 2 fully saturated rings. The molecule has 29 heteroatoms. The highest BCUT2D eigenvalue weighted by atomic mass is 31.3. The topological polar surface area (TPSA) is 405 Å². The Hall–Kier alpha value is -2.55. The zero-order chi connectivity index (χ0) is 36.9. The lowest BCUT2D eigenvalue weighted by Crippen LogP contribution is -2.53. The maximum Gasteiger partial charge on any atom is 0.481 e. The summed E-state index contributed by atoms with van der Waals surface area (Å²) >= 11 is 0. The molecule has 26 nitrogen and oxygen atoms in total. The van der Waals surface area contributed by atoms with Crippen LogP contribution in [0.3, 0.4) is 0 Å². The van der Waals surface area contributed by atoms with E-state index >= 15 is 0 Å². The number of nitrogens with two attached hydrogens (primary N) is 2. The number of imidazole rings is 1. The molecule has 0 unspecified atom stereocenters. The van der Waals surface area contributed by atoms with Crippen LogP contribution in [-0.4, -0.2) is 144 Å². The second-order valence-electron chi connectivity index (χ2n) is 11.0. The quantitative estimate of drug-likeness (QED) is 0.0855. The van der Waals surface area contributed by atoms with Crippen LogP contribution in [0.2, 0.25) is 0 Å². The monoisotopic (exact) mass is 779 g/mol. The summed E-state index contributed by atoms with van der Waals surface area (Å²) in [6.07, 6.45) is -14.7. The molecule has 5 heterocycles. The van der Waals surface area contributed by atoms with Gasteiger partial charge in [0.15, 0.2) is 30.1 Å². The van der Waals surface area contributed by atoms with Crippen molar-refractivity contribution >= 4 is 46.4 Å². The molecule has 2 aromatic heterocycles. The average Bonchev–Trinajstić information content (AvgIpc) is 3.65. The molecule has 0 aromatic carbocycles. The molecule has 0 radical (unpaired) electrons. The van der Waals surface area contributed by atoms with Gasteiger partial charge in [-0.05, 0) is 0 Å². The maximum absolute atomic E-state index is 12.6. The number of aliphatic hydroxyl groups is 5. The van der Waals surface area contributed by atoms with Gasteiger partial charge in [0, 0.05) is 18.2 Å². The fourth-order valence-electron chi connectivity index (χ4n) is 5.26. The number of aliphatic hydroxyl groups excluding tert-OH is 5. The Bertz CT molecular complexity index is 1760. The molecule has 0 saturated carbocycles. The van der Waals surface area contributed by atoms with Crippen LogP contribution in [0, 0.1) is 0 Å². The number of hydrogen-bond donors (Lipinski definition) is 11. The molecule has 1 amide bonds. The minimum absolute atomic E-state index is 0.0168. The molecule has 0 bridgehead atoms. The van der Waals surface area contributed by atoms with Crippen molar-refractivity contribution in [2.75, 3.05) is 18.9 Å². The van der Waals surface area contributed by atoms with E-state index in [9.17, 15) is 63.6 Å². The summed E-state index contributed by atoms with van der Waals surface area (Å²) in [6.45, 7) is -2.19. The van der Waals surface area contributed by atoms with Crippen LogP contribution >= 0.6 is 23.5 Å². The predicted octanol–water partition coefficient (Wildman–Crippen LogP) is -4.40. The first-order valence-corrected chi connectivity index (χ1v) is 18.5. The van der Waals surface area contributed by atoms with Gasteiger partial charge in [-0.1, -0.05) is 0 Å². The minimum Gasteiger partial charge on any atom is -0.388 e. The third kappa shape index (κ3) is 8.39. The van der Waals surface area contributed by atoms with Crippen LogP contribution in [0.4, 0.5) is 5.82 Å². The molecule has 50 heavy (non-hydrogen) atoms. The molecular formula is C21H32N7O19P3. The Labute approximate surface area is 278 Å². The largest absolute Gasteiger partial charge is 0.481 e. The van der Waals surface area contributed by atoms with E-state index < -0.39 is 104 Å². The van der Waals surface area contributed by atoms with Crippen LogP contribution in [-0.2, 0) is 45.8 Å². The zero-order valence-electron chi connectivity index (χ0n) is 25.0. The number of phosphoric ester groups is 3. The Kier molecular flexibility index (Phi) is 11.2. The van der Waals surface area contributed by atoms with Crippen LogP contribution in [0.15, 0.2) is 24.4 Å². The fourth-order valence-corrected chi connectivity index (χ4v) is 7.90. The van der Waals surface area contributed by atoms with Gasteiger partial charge in [0.1, 0.15) is 54.6 Å². The SMILES string of the molecule is NC(=O)C1=CN([C@@H]2O[C@@H](CO[P@@](=O)(O)O[P@](=O)(O)OC[C@@H]3O[C@@H](n4cnc5c(N)ncnc54)[C@H](OP(=O)(O)O)[C@H]3O)[C@H](O)[C@H]2O)[C@@H](O)[C@H](O)C1. The van der Waals surface area contributed by atoms with Crippen molar-refractivity contribution in [3.63, 3.8) is 0 Å². The molecule has 0 aliphatic carbocycles. The summed E-state index contributed by atoms with van der Waals surface area (Å²) in [5.41, 5.74) is 10.8. The molecule has 2 aromatic rings. The van der Waals surface area contributed by atoms with Gasteiger partial charge in [0.25, 0.3) is 0 Å². The summed E-state index contributed by atoms with van der Waals surface area (Å²) < 4.78 is 67.0. The van der Waals surface area contributed by atoms with Crippen molar-refractivity contribution in [3.8, 4) is 0 Å². The van der Waals surface area contributed by atoms with Crippen LogP contribution in [0.5, 0.6) is 0 Å². The van der Waals surface area contributed by atoms with Crippen molar-refractivity contribution in [1.82, 2.24) is 24.4 Å². The molecular weight excluding hydrogens is 747 g/mol.